The van der Waals surface area contributed by atoms with Crippen molar-refractivity contribution < 1.29 is 0 Å². The Morgan fingerprint density at radius 3 is 2.71 bits per heavy atom. The first kappa shape index (κ1) is 10.5. The van der Waals surface area contributed by atoms with Gasteiger partial charge in [-0.3, -0.25) is 0 Å². The molecule has 0 aromatic heterocycles. The molecule has 0 heterocycles. The molecule has 0 amide bonds. The topological polar surface area (TPSA) is 0 Å². The molecule has 3 unspecified atom stereocenters. The van der Waals surface area contributed by atoms with E-state index in [-0.39, 0.29) is 0 Å². The minimum absolute atomic E-state index is 0.701. The van der Waals surface area contributed by atoms with E-state index in [4.69, 9.17) is 0 Å². The Labute approximate surface area is 89.5 Å². The lowest BCUT2D eigenvalue weighted by molar-refractivity contribution is 0.0671. The summed E-state index contributed by atoms with van der Waals surface area (Å²) in [6.45, 7) is 7.44. The van der Waals surface area contributed by atoms with Crippen LogP contribution < -0.4 is 0 Å². The molecule has 2 fully saturated rings. The molecule has 2 aliphatic rings. The number of fused-ring (bicyclic) bond motifs is 2. The van der Waals surface area contributed by atoms with E-state index in [0.29, 0.717) is 5.41 Å². The van der Waals surface area contributed by atoms with Crippen molar-refractivity contribution in [3.05, 3.63) is 0 Å². The summed E-state index contributed by atoms with van der Waals surface area (Å²) in [5.74, 6) is 3.11. The van der Waals surface area contributed by atoms with E-state index >= 15 is 0 Å². The van der Waals surface area contributed by atoms with Gasteiger partial charge in [-0.05, 0) is 42.4 Å². The van der Waals surface area contributed by atoms with Crippen LogP contribution in [0.2, 0.25) is 0 Å². The highest BCUT2D eigenvalue weighted by Crippen LogP contribution is 2.52. The van der Waals surface area contributed by atoms with Gasteiger partial charge < -0.3 is 0 Å². The zero-order chi connectivity index (χ0) is 10.2. The highest BCUT2D eigenvalue weighted by Gasteiger charge is 2.41. The van der Waals surface area contributed by atoms with Crippen LogP contribution in [0.25, 0.3) is 0 Å². The Morgan fingerprint density at radius 2 is 2.00 bits per heavy atom. The van der Waals surface area contributed by atoms with E-state index in [0.717, 1.165) is 17.8 Å². The van der Waals surface area contributed by atoms with Crippen LogP contribution in [-0.4, -0.2) is 0 Å². The SMILES string of the molecule is CC[C@@H]1CCC2(C)CC1CCCC2C. The molecule has 2 bridgehead atoms. The molecule has 0 aromatic carbocycles. The smallest absolute Gasteiger partial charge is 0.0297 e. The Kier molecular flexibility index (Phi) is 2.91. The maximum Gasteiger partial charge on any atom is -0.0297 e. The lowest BCUT2D eigenvalue weighted by Gasteiger charge is -2.44. The predicted octanol–water partition coefficient (Wildman–Crippen LogP) is 4.64. The lowest BCUT2D eigenvalue weighted by atomic mass is 9.62. The molecular formula is C14H26. The Bertz CT molecular complexity index is 196. The van der Waals surface area contributed by atoms with Gasteiger partial charge in [0.25, 0.3) is 0 Å². The van der Waals surface area contributed by atoms with Gasteiger partial charge >= 0.3 is 0 Å². The van der Waals surface area contributed by atoms with Gasteiger partial charge in [0.05, 0.1) is 0 Å². The van der Waals surface area contributed by atoms with E-state index in [1.165, 1.54) is 44.9 Å². The van der Waals surface area contributed by atoms with Crippen LogP contribution in [0.15, 0.2) is 0 Å². The van der Waals surface area contributed by atoms with Crippen molar-refractivity contribution in [1.29, 1.82) is 0 Å². The zero-order valence-corrected chi connectivity index (χ0v) is 10.2. The number of hydrogen-bond donors (Lipinski definition) is 0. The van der Waals surface area contributed by atoms with E-state index in [1.807, 2.05) is 0 Å². The molecule has 0 saturated heterocycles. The van der Waals surface area contributed by atoms with E-state index in [1.54, 1.807) is 0 Å². The third-order valence-corrected chi connectivity index (χ3v) is 5.41. The molecule has 82 valence electrons. The molecule has 0 aromatic rings. The summed E-state index contributed by atoms with van der Waals surface area (Å²) in [6.07, 6.45) is 10.5. The van der Waals surface area contributed by atoms with Gasteiger partial charge in [0.15, 0.2) is 0 Å². The third kappa shape index (κ3) is 1.73. The summed E-state index contributed by atoms with van der Waals surface area (Å²) in [7, 11) is 0. The first-order valence-electron chi connectivity index (χ1n) is 6.65. The standard InChI is InChI=1S/C14H26/c1-4-12-8-9-14(3)10-13(12)7-5-6-11(14)2/h11-13H,4-10H2,1-3H3/t11?,12-,13?,14?/m1/s1. The predicted molar refractivity (Wildman–Crippen MR) is 62.2 cm³/mol. The van der Waals surface area contributed by atoms with Gasteiger partial charge in [-0.1, -0.05) is 46.5 Å². The van der Waals surface area contributed by atoms with Crippen molar-refractivity contribution in [2.45, 2.75) is 65.7 Å². The van der Waals surface area contributed by atoms with Crippen LogP contribution in [0.1, 0.15) is 65.7 Å². The summed E-state index contributed by atoms with van der Waals surface area (Å²) in [5.41, 5.74) is 0.701. The fraction of sp³-hybridized carbons (Fsp3) is 1.00. The molecular weight excluding hydrogens is 168 g/mol. The highest BCUT2D eigenvalue weighted by molar-refractivity contribution is 4.92. The minimum Gasteiger partial charge on any atom is -0.0651 e. The molecule has 2 rings (SSSR count). The van der Waals surface area contributed by atoms with E-state index in [2.05, 4.69) is 20.8 Å². The summed E-state index contributed by atoms with van der Waals surface area (Å²) < 4.78 is 0. The highest BCUT2D eigenvalue weighted by atomic mass is 14.5. The first-order chi connectivity index (χ1) is 6.65. The van der Waals surface area contributed by atoms with Crippen LogP contribution in [0.3, 0.4) is 0 Å². The Morgan fingerprint density at radius 1 is 1.21 bits per heavy atom. The van der Waals surface area contributed by atoms with Gasteiger partial charge in [-0.15, -0.1) is 0 Å². The van der Waals surface area contributed by atoms with Gasteiger partial charge in [0.1, 0.15) is 0 Å². The van der Waals surface area contributed by atoms with Crippen molar-refractivity contribution in [3.63, 3.8) is 0 Å². The van der Waals surface area contributed by atoms with Crippen LogP contribution in [-0.2, 0) is 0 Å². The summed E-state index contributed by atoms with van der Waals surface area (Å²) in [4.78, 5) is 0. The fourth-order valence-corrected chi connectivity index (χ4v) is 3.98. The summed E-state index contributed by atoms with van der Waals surface area (Å²) in [6, 6.07) is 0. The van der Waals surface area contributed by atoms with Crippen molar-refractivity contribution in [3.8, 4) is 0 Å². The Balaban J connectivity index is 2.13. The van der Waals surface area contributed by atoms with Gasteiger partial charge in [-0.2, -0.15) is 0 Å². The number of hydrogen-bond acceptors (Lipinski definition) is 0. The monoisotopic (exact) mass is 194 g/mol. The number of rotatable bonds is 1. The normalized spacial score (nSPS) is 48.6. The van der Waals surface area contributed by atoms with Gasteiger partial charge in [0, 0.05) is 0 Å². The molecule has 0 nitrogen and oxygen atoms in total. The van der Waals surface area contributed by atoms with Crippen molar-refractivity contribution in [2.75, 3.05) is 0 Å². The fourth-order valence-electron chi connectivity index (χ4n) is 3.98. The van der Waals surface area contributed by atoms with Gasteiger partial charge in [-0.25, -0.2) is 0 Å². The molecule has 2 saturated carbocycles. The van der Waals surface area contributed by atoms with Crippen LogP contribution >= 0.6 is 0 Å². The molecule has 0 spiro atoms. The van der Waals surface area contributed by atoms with E-state index < -0.39 is 0 Å². The van der Waals surface area contributed by atoms with Crippen molar-refractivity contribution in [2.24, 2.45) is 23.2 Å². The van der Waals surface area contributed by atoms with E-state index in [9.17, 15) is 0 Å². The molecule has 4 atom stereocenters. The average Bonchev–Trinajstić information content (AvgIpc) is 2.27. The third-order valence-electron chi connectivity index (χ3n) is 5.41. The Hall–Kier alpha value is 0. The molecule has 0 N–H and O–H groups in total. The summed E-state index contributed by atoms with van der Waals surface area (Å²) >= 11 is 0. The zero-order valence-electron chi connectivity index (χ0n) is 10.2. The second-order valence-electron chi connectivity index (χ2n) is 6.16. The largest absolute Gasteiger partial charge is 0.0651 e. The maximum absolute atomic E-state index is 2.56. The maximum atomic E-state index is 2.56. The first-order valence-corrected chi connectivity index (χ1v) is 6.65. The molecule has 2 aliphatic carbocycles. The van der Waals surface area contributed by atoms with Crippen LogP contribution in [0.5, 0.6) is 0 Å². The second-order valence-corrected chi connectivity index (χ2v) is 6.16. The average molecular weight is 194 g/mol. The molecule has 0 radical (unpaired) electrons. The quantitative estimate of drug-likeness (QED) is 0.570. The van der Waals surface area contributed by atoms with Gasteiger partial charge in [0.2, 0.25) is 0 Å². The molecule has 14 heavy (non-hydrogen) atoms. The van der Waals surface area contributed by atoms with Crippen LogP contribution in [0.4, 0.5) is 0 Å². The molecule has 0 aliphatic heterocycles. The summed E-state index contributed by atoms with van der Waals surface area (Å²) in [5, 5.41) is 0. The second kappa shape index (κ2) is 3.87. The molecule has 0 heteroatoms. The van der Waals surface area contributed by atoms with Crippen molar-refractivity contribution >= 4 is 0 Å². The van der Waals surface area contributed by atoms with Crippen molar-refractivity contribution in [1.82, 2.24) is 0 Å². The lowest BCUT2D eigenvalue weighted by Crippen LogP contribution is -2.34. The van der Waals surface area contributed by atoms with Crippen LogP contribution in [0, 0.1) is 23.2 Å². The minimum atomic E-state index is 0.701.